The molecule has 0 amide bonds. The van der Waals surface area contributed by atoms with Gasteiger partial charge in [-0.2, -0.15) is 0 Å². The predicted octanol–water partition coefficient (Wildman–Crippen LogP) is 3.25. The van der Waals surface area contributed by atoms with Crippen LogP contribution in [0.2, 0.25) is 0 Å². The maximum Gasteiger partial charge on any atom is 0.0589 e. The van der Waals surface area contributed by atoms with Gasteiger partial charge in [-0.05, 0) is 50.7 Å². The number of nitrogens with zero attached hydrogens (tertiary/aromatic N) is 1. The quantitative estimate of drug-likeness (QED) is 0.718. The van der Waals surface area contributed by atoms with Gasteiger partial charge < -0.3 is 10.1 Å². The summed E-state index contributed by atoms with van der Waals surface area (Å²) in [5.74, 6) is 0.915. The maximum atomic E-state index is 5.29. The number of ether oxygens (including phenoxy) is 1. The van der Waals surface area contributed by atoms with Gasteiger partial charge in [-0.1, -0.05) is 0 Å². The van der Waals surface area contributed by atoms with Crippen LogP contribution in [0.25, 0.3) is 0 Å². The highest BCUT2D eigenvalue weighted by Gasteiger charge is 2.32. The van der Waals surface area contributed by atoms with E-state index >= 15 is 0 Å². The molecule has 1 aromatic heterocycles. The molecule has 2 fully saturated rings. The van der Waals surface area contributed by atoms with E-state index in [1.165, 1.54) is 35.4 Å². The smallest absolute Gasteiger partial charge is 0.0589 e. The molecule has 0 spiro atoms. The number of thiophene rings is 1. The zero-order chi connectivity index (χ0) is 14.7. The van der Waals surface area contributed by atoms with Gasteiger partial charge in [0.25, 0.3) is 0 Å². The second-order valence-corrected chi connectivity index (χ2v) is 7.82. The van der Waals surface area contributed by atoms with Gasteiger partial charge in [0.2, 0.25) is 0 Å². The molecule has 118 valence electrons. The van der Waals surface area contributed by atoms with E-state index in [4.69, 9.17) is 4.74 Å². The predicted molar refractivity (Wildman–Crippen MR) is 88.7 cm³/mol. The first kappa shape index (κ1) is 15.5. The van der Waals surface area contributed by atoms with Gasteiger partial charge in [-0.3, -0.25) is 4.90 Å². The second-order valence-electron chi connectivity index (χ2n) is 6.56. The Morgan fingerprint density at radius 3 is 2.71 bits per heavy atom. The number of methoxy groups -OCH3 is 1. The maximum absolute atomic E-state index is 5.29. The third-order valence-corrected chi connectivity index (χ3v) is 5.75. The summed E-state index contributed by atoms with van der Waals surface area (Å²) in [6.45, 7) is 6.39. The molecule has 0 radical (unpaired) electrons. The highest BCUT2D eigenvalue weighted by molar-refractivity contribution is 7.11. The molecule has 1 aromatic rings. The molecule has 0 aromatic carbocycles. The molecule has 1 atom stereocenters. The van der Waals surface area contributed by atoms with E-state index in [9.17, 15) is 0 Å². The molecule has 2 aliphatic carbocycles. The van der Waals surface area contributed by atoms with Gasteiger partial charge in [0, 0.05) is 48.6 Å². The van der Waals surface area contributed by atoms with Crippen molar-refractivity contribution in [3.63, 3.8) is 0 Å². The van der Waals surface area contributed by atoms with Crippen LogP contribution in [0.5, 0.6) is 0 Å². The number of hydrogen-bond donors (Lipinski definition) is 1. The molecule has 1 unspecified atom stereocenters. The normalized spacial score (nSPS) is 20.1. The summed E-state index contributed by atoms with van der Waals surface area (Å²) in [4.78, 5) is 5.57. The van der Waals surface area contributed by atoms with Crippen LogP contribution in [0.3, 0.4) is 0 Å². The van der Waals surface area contributed by atoms with Crippen LogP contribution in [0.15, 0.2) is 12.1 Å². The standard InChI is InChI=1S/C17H28N2OS/c1-13(14-3-4-14)19(9-10-20-2)12-17-8-7-16(21-17)11-18-15-5-6-15/h7-8,13-15,18H,3-6,9-12H2,1-2H3. The Balaban J connectivity index is 1.52. The second kappa shape index (κ2) is 7.23. The van der Waals surface area contributed by atoms with Crippen molar-refractivity contribution in [3.8, 4) is 0 Å². The van der Waals surface area contributed by atoms with Crippen LogP contribution in [-0.4, -0.2) is 37.2 Å². The van der Waals surface area contributed by atoms with E-state index in [0.717, 1.165) is 38.2 Å². The van der Waals surface area contributed by atoms with E-state index in [1.807, 2.05) is 11.3 Å². The Morgan fingerprint density at radius 1 is 1.29 bits per heavy atom. The minimum Gasteiger partial charge on any atom is -0.383 e. The van der Waals surface area contributed by atoms with Gasteiger partial charge in [0.15, 0.2) is 0 Å². The SMILES string of the molecule is COCCN(Cc1ccc(CNC2CC2)s1)C(C)C1CC1. The molecule has 2 aliphatic rings. The number of hydrogen-bond acceptors (Lipinski definition) is 4. The Hall–Kier alpha value is -0.420. The molecule has 0 saturated heterocycles. The number of nitrogens with one attached hydrogen (secondary N) is 1. The summed E-state index contributed by atoms with van der Waals surface area (Å²) < 4.78 is 5.29. The molecule has 0 bridgehead atoms. The first-order chi connectivity index (χ1) is 10.3. The fraction of sp³-hybridized carbons (Fsp3) is 0.765. The summed E-state index contributed by atoms with van der Waals surface area (Å²) in [6, 6.07) is 6.10. The highest BCUT2D eigenvalue weighted by Crippen LogP contribution is 2.36. The van der Waals surface area contributed by atoms with Crippen molar-refractivity contribution in [2.45, 2.75) is 57.8 Å². The van der Waals surface area contributed by atoms with Crippen LogP contribution in [0.4, 0.5) is 0 Å². The lowest BCUT2D eigenvalue weighted by molar-refractivity contribution is 0.112. The lowest BCUT2D eigenvalue weighted by Gasteiger charge is -2.28. The van der Waals surface area contributed by atoms with Gasteiger partial charge in [-0.25, -0.2) is 0 Å². The van der Waals surface area contributed by atoms with E-state index < -0.39 is 0 Å². The lowest BCUT2D eigenvalue weighted by Crippen LogP contribution is -2.36. The van der Waals surface area contributed by atoms with Crippen LogP contribution < -0.4 is 5.32 Å². The first-order valence-corrected chi connectivity index (χ1v) is 9.12. The highest BCUT2D eigenvalue weighted by atomic mass is 32.1. The zero-order valence-electron chi connectivity index (χ0n) is 13.3. The van der Waals surface area contributed by atoms with Gasteiger partial charge >= 0.3 is 0 Å². The molecular formula is C17H28N2OS. The summed E-state index contributed by atoms with van der Waals surface area (Å²) in [5, 5.41) is 3.60. The van der Waals surface area contributed by atoms with Crippen molar-refractivity contribution in [2.75, 3.05) is 20.3 Å². The molecule has 3 rings (SSSR count). The van der Waals surface area contributed by atoms with Gasteiger partial charge in [0.05, 0.1) is 6.61 Å². The third kappa shape index (κ3) is 4.78. The molecule has 4 heteroatoms. The Bertz CT molecular complexity index is 440. The zero-order valence-corrected chi connectivity index (χ0v) is 14.1. The Labute approximate surface area is 132 Å². The van der Waals surface area contributed by atoms with Crippen LogP contribution >= 0.6 is 11.3 Å². The van der Waals surface area contributed by atoms with Gasteiger partial charge in [-0.15, -0.1) is 11.3 Å². The monoisotopic (exact) mass is 308 g/mol. The molecule has 3 nitrogen and oxygen atoms in total. The van der Waals surface area contributed by atoms with E-state index in [-0.39, 0.29) is 0 Å². The van der Waals surface area contributed by atoms with E-state index in [1.54, 1.807) is 7.11 Å². The largest absolute Gasteiger partial charge is 0.383 e. The van der Waals surface area contributed by atoms with E-state index in [2.05, 4.69) is 29.3 Å². The molecule has 1 heterocycles. The van der Waals surface area contributed by atoms with Crippen LogP contribution in [0, 0.1) is 5.92 Å². The lowest BCUT2D eigenvalue weighted by atomic mass is 10.2. The number of rotatable bonds is 10. The molecular weight excluding hydrogens is 280 g/mol. The van der Waals surface area contributed by atoms with Crippen molar-refractivity contribution < 1.29 is 4.74 Å². The van der Waals surface area contributed by atoms with Crippen molar-refractivity contribution >= 4 is 11.3 Å². The summed E-state index contributed by atoms with van der Waals surface area (Å²) >= 11 is 1.97. The summed E-state index contributed by atoms with van der Waals surface area (Å²) in [7, 11) is 1.80. The van der Waals surface area contributed by atoms with Gasteiger partial charge in [0.1, 0.15) is 0 Å². The summed E-state index contributed by atoms with van der Waals surface area (Å²) in [6.07, 6.45) is 5.54. The fourth-order valence-electron chi connectivity index (χ4n) is 2.85. The average Bonchev–Trinajstić information content (AvgIpc) is 3.40. The minimum absolute atomic E-state index is 0.690. The van der Waals surface area contributed by atoms with Crippen molar-refractivity contribution in [1.82, 2.24) is 10.2 Å². The minimum atomic E-state index is 0.690. The van der Waals surface area contributed by atoms with Crippen molar-refractivity contribution in [2.24, 2.45) is 5.92 Å². The molecule has 2 saturated carbocycles. The molecule has 1 N–H and O–H groups in total. The van der Waals surface area contributed by atoms with Crippen molar-refractivity contribution in [3.05, 3.63) is 21.9 Å². The molecule has 0 aliphatic heterocycles. The fourth-order valence-corrected chi connectivity index (χ4v) is 3.84. The Kier molecular flexibility index (Phi) is 5.33. The topological polar surface area (TPSA) is 24.5 Å². The Morgan fingerprint density at radius 2 is 2.05 bits per heavy atom. The van der Waals surface area contributed by atoms with E-state index in [0.29, 0.717) is 6.04 Å². The summed E-state index contributed by atoms with van der Waals surface area (Å²) in [5.41, 5.74) is 0. The molecule has 21 heavy (non-hydrogen) atoms. The third-order valence-electron chi connectivity index (χ3n) is 4.68. The van der Waals surface area contributed by atoms with Crippen molar-refractivity contribution in [1.29, 1.82) is 0 Å². The van der Waals surface area contributed by atoms with Crippen LogP contribution in [0.1, 0.15) is 42.4 Å². The first-order valence-electron chi connectivity index (χ1n) is 8.30. The average molecular weight is 308 g/mol. The van der Waals surface area contributed by atoms with Crippen LogP contribution in [-0.2, 0) is 17.8 Å².